The lowest BCUT2D eigenvalue weighted by Gasteiger charge is -2.33. The molecule has 4 rings (SSSR count). The summed E-state index contributed by atoms with van der Waals surface area (Å²) in [7, 11) is 0. The van der Waals surface area contributed by atoms with Crippen molar-refractivity contribution in [1.82, 2.24) is 15.4 Å². The van der Waals surface area contributed by atoms with Gasteiger partial charge in [0.15, 0.2) is 5.58 Å². The topological polar surface area (TPSA) is 58.4 Å². The van der Waals surface area contributed by atoms with Crippen molar-refractivity contribution in [3.8, 4) is 0 Å². The molecule has 134 valence electrons. The van der Waals surface area contributed by atoms with Gasteiger partial charge in [-0.05, 0) is 57.3 Å². The maximum Gasteiger partial charge on any atom is 0.220 e. The molecule has 0 bridgehead atoms. The monoisotopic (exact) mass is 345 g/mol. The first-order valence-electron chi connectivity index (χ1n) is 9.25. The number of hydrogen-bond donors (Lipinski definition) is 1. The first-order valence-corrected chi connectivity index (χ1v) is 9.25. The highest BCUT2D eigenvalue weighted by atomic mass is 19.1. The Morgan fingerprint density at radius 2 is 2.12 bits per heavy atom. The van der Waals surface area contributed by atoms with Crippen LogP contribution in [0.1, 0.15) is 50.1 Å². The van der Waals surface area contributed by atoms with Gasteiger partial charge in [-0.2, -0.15) is 0 Å². The Hall–Kier alpha value is -1.95. The molecule has 1 aromatic carbocycles. The van der Waals surface area contributed by atoms with Gasteiger partial charge in [0, 0.05) is 36.4 Å². The van der Waals surface area contributed by atoms with E-state index in [9.17, 15) is 9.18 Å². The molecule has 1 unspecified atom stereocenters. The second kappa shape index (κ2) is 7.12. The van der Waals surface area contributed by atoms with Crippen LogP contribution in [0.4, 0.5) is 4.39 Å². The first-order chi connectivity index (χ1) is 12.2. The molecule has 6 heteroatoms. The SMILES string of the molecule is O=C1CCCC(CCN2CCC(c3noc4cc(F)ccc34)CC2)N1. The number of fused-ring (bicyclic) bond motifs is 1. The molecule has 1 N–H and O–H groups in total. The van der Waals surface area contributed by atoms with Crippen molar-refractivity contribution in [1.29, 1.82) is 0 Å². The van der Waals surface area contributed by atoms with Gasteiger partial charge >= 0.3 is 0 Å². The summed E-state index contributed by atoms with van der Waals surface area (Å²) in [6, 6.07) is 4.98. The molecule has 3 heterocycles. The largest absolute Gasteiger partial charge is 0.356 e. The Kier molecular flexibility index (Phi) is 4.70. The van der Waals surface area contributed by atoms with Crippen LogP contribution in [0.5, 0.6) is 0 Å². The molecular weight excluding hydrogens is 321 g/mol. The van der Waals surface area contributed by atoms with Crippen molar-refractivity contribution < 1.29 is 13.7 Å². The molecule has 5 nitrogen and oxygen atoms in total. The molecule has 0 spiro atoms. The van der Waals surface area contributed by atoms with Crippen LogP contribution < -0.4 is 5.32 Å². The van der Waals surface area contributed by atoms with Crippen LogP contribution in [0.25, 0.3) is 11.0 Å². The van der Waals surface area contributed by atoms with E-state index in [1.807, 2.05) is 0 Å². The van der Waals surface area contributed by atoms with Crippen molar-refractivity contribution >= 4 is 16.9 Å². The number of likely N-dealkylation sites (tertiary alicyclic amines) is 1. The average molecular weight is 345 g/mol. The summed E-state index contributed by atoms with van der Waals surface area (Å²) >= 11 is 0. The Morgan fingerprint density at radius 3 is 2.92 bits per heavy atom. The Balaban J connectivity index is 1.31. The summed E-state index contributed by atoms with van der Waals surface area (Å²) in [5, 5.41) is 8.23. The van der Waals surface area contributed by atoms with E-state index in [2.05, 4.69) is 15.4 Å². The predicted molar refractivity (Wildman–Crippen MR) is 92.8 cm³/mol. The predicted octanol–water partition coefficient (Wildman–Crippen LogP) is 3.21. The number of halogens is 1. The lowest BCUT2D eigenvalue weighted by molar-refractivity contribution is -0.123. The molecule has 2 aliphatic heterocycles. The zero-order valence-corrected chi connectivity index (χ0v) is 14.3. The number of rotatable bonds is 4. The zero-order chi connectivity index (χ0) is 17.2. The van der Waals surface area contributed by atoms with Gasteiger partial charge in [0.1, 0.15) is 5.82 Å². The Labute approximate surface area is 146 Å². The number of benzene rings is 1. The standard InChI is InChI=1S/C19H24FN3O2/c20-14-4-5-16-17(12-14)25-22-19(16)13-6-9-23(10-7-13)11-8-15-2-1-3-18(24)21-15/h4-5,12-13,15H,1-3,6-11H2,(H,21,24). The van der Waals surface area contributed by atoms with Crippen LogP contribution in [0.2, 0.25) is 0 Å². The van der Waals surface area contributed by atoms with Gasteiger partial charge in [-0.25, -0.2) is 4.39 Å². The second-order valence-electron chi connectivity index (χ2n) is 7.27. The van der Waals surface area contributed by atoms with E-state index in [1.165, 1.54) is 12.1 Å². The minimum atomic E-state index is -0.292. The van der Waals surface area contributed by atoms with Crippen molar-refractivity contribution in [2.75, 3.05) is 19.6 Å². The van der Waals surface area contributed by atoms with Gasteiger partial charge in [0.05, 0.1) is 5.69 Å². The van der Waals surface area contributed by atoms with Crippen LogP contribution in [0, 0.1) is 5.82 Å². The van der Waals surface area contributed by atoms with E-state index in [1.54, 1.807) is 6.07 Å². The number of piperidine rings is 2. The Bertz CT molecular complexity index is 752. The van der Waals surface area contributed by atoms with Gasteiger partial charge in [0.25, 0.3) is 0 Å². The summed E-state index contributed by atoms with van der Waals surface area (Å²) in [5.74, 6) is 0.279. The number of carbonyl (C=O) groups is 1. The van der Waals surface area contributed by atoms with Crippen molar-refractivity contribution in [2.45, 2.75) is 50.5 Å². The minimum absolute atomic E-state index is 0.198. The number of hydrogen-bond acceptors (Lipinski definition) is 4. The normalized spacial score (nSPS) is 23.1. The van der Waals surface area contributed by atoms with Crippen molar-refractivity contribution in [3.63, 3.8) is 0 Å². The second-order valence-corrected chi connectivity index (χ2v) is 7.27. The third-order valence-electron chi connectivity index (χ3n) is 5.55. The van der Waals surface area contributed by atoms with E-state index in [4.69, 9.17) is 4.52 Å². The molecule has 1 aromatic heterocycles. The van der Waals surface area contributed by atoms with Crippen LogP contribution in [-0.4, -0.2) is 41.6 Å². The fourth-order valence-corrected chi connectivity index (χ4v) is 4.09. The summed E-state index contributed by atoms with van der Waals surface area (Å²) in [4.78, 5) is 13.9. The summed E-state index contributed by atoms with van der Waals surface area (Å²) in [6.45, 7) is 3.09. The van der Waals surface area contributed by atoms with E-state index >= 15 is 0 Å². The van der Waals surface area contributed by atoms with E-state index in [0.29, 0.717) is 24.0 Å². The van der Waals surface area contributed by atoms with Gasteiger partial charge in [-0.15, -0.1) is 0 Å². The zero-order valence-electron chi connectivity index (χ0n) is 14.3. The van der Waals surface area contributed by atoms with Crippen molar-refractivity contribution in [3.05, 3.63) is 29.7 Å². The highest BCUT2D eigenvalue weighted by Gasteiger charge is 2.26. The molecule has 2 aliphatic rings. The molecule has 25 heavy (non-hydrogen) atoms. The van der Waals surface area contributed by atoms with Gasteiger partial charge in [0.2, 0.25) is 5.91 Å². The van der Waals surface area contributed by atoms with Crippen LogP contribution in [0.15, 0.2) is 22.7 Å². The quantitative estimate of drug-likeness (QED) is 0.924. The fourth-order valence-electron chi connectivity index (χ4n) is 4.09. The van der Waals surface area contributed by atoms with Crippen LogP contribution >= 0.6 is 0 Å². The van der Waals surface area contributed by atoms with Crippen molar-refractivity contribution in [2.24, 2.45) is 0 Å². The van der Waals surface area contributed by atoms with Crippen LogP contribution in [0.3, 0.4) is 0 Å². The lowest BCUT2D eigenvalue weighted by Crippen LogP contribution is -2.42. The number of carbonyl (C=O) groups excluding carboxylic acids is 1. The lowest BCUT2D eigenvalue weighted by atomic mass is 9.91. The Morgan fingerprint density at radius 1 is 1.28 bits per heavy atom. The molecule has 0 saturated carbocycles. The average Bonchev–Trinajstić information content (AvgIpc) is 3.03. The van der Waals surface area contributed by atoms with E-state index in [0.717, 1.165) is 62.8 Å². The maximum absolute atomic E-state index is 13.3. The van der Waals surface area contributed by atoms with Crippen LogP contribution in [-0.2, 0) is 4.79 Å². The third-order valence-corrected chi connectivity index (χ3v) is 5.55. The molecule has 2 fully saturated rings. The first kappa shape index (κ1) is 16.5. The highest BCUT2D eigenvalue weighted by Crippen LogP contribution is 2.32. The van der Waals surface area contributed by atoms with Gasteiger partial charge in [-0.1, -0.05) is 5.16 Å². The van der Waals surface area contributed by atoms with E-state index in [-0.39, 0.29) is 11.7 Å². The highest BCUT2D eigenvalue weighted by molar-refractivity contribution is 5.80. The molecule has 1 amide bonds. The molecule has 0 radical (unpaired) electrons. The third kappa shape index (κ3) is 3.68. The van der Waals surface area contributed by atoms with Gasteiger partial charge < -0.3 is 14.7 Å². The minimum Gasteiger partial charge on any atom is -0.356 e. The summed E-state index contributed by atoms with van der Waals surface area (Å²) < 4.78 is 18.6. The number of aromatic nitrogens is 1. The number of amides is 1. The maximum atomic E-state index is 13.3. The molecule has 2 aromatic rings. The molecule has 0 aliphatic carbocycles. The van der Waals surface area contributed by atoms with Gasteiger partial charge in [-0.3, -0.25) is 4.79 Å². The summed E-state index contributed by atoms with van der Waals surface area (Å²) in [5.41, 5.74) is 1.50. The smallest absolute Gasteiger partial charge is 0.220 e. The number of nitrogens with one attached hydrogen (secondary N) is 1. The molecular formula is C19H24FN3O2. The summed E-state index contributed by atoms with van der Waals surface area (Å²) in [6.07, 6.45) is 5.90. The molecule has 2 saturated heterocycles. The molecule has 1 atom stereocenters. The van der Waals surface area contributed by atoms with E-state index < -0.39 is 0 Å². The number of nitrogens with zero attached hydrogens (tertiary/aromatic N) is 2. The fraction of sp³-hybridized carbons (Fsp3) is 0.579.